The first-order valence-electron chi connectivity index (χ1n) is 6.04. The van der Waals surface area contributed by atoms with E-state index < -0.39 is 0 Å². The largest absolute Gasteiger partial charge is 0.496 e. The van der Waals surface area contributed by atoms with Gasteiger partial charge in [-0.25, -0.2) is 0 Å². The quantitative estimate of drug-likeness (QED) is 0.854. The van der Waals surface area contributed by atoms with E-state index in [4.69, 9.17) is 10.5 Å². The number of ether oxygens (including phenoxy) is 1. The fraction of sp³-hybridized carbons (Fsp3) is 0.500. The molecule has 0 aliphatic heterocycles. The van der Waals surface area contributed by atoms with Gasteiger partial charge in [-0.05, 0) is 30.5 Å². The lowest BCUT2D eigenvalue weighted by Gasteiger charge is -2.19. The van der Waals surface area contributed by atoms with Crippen LogP contribution in [0.4, 0.5) is 0 Å². The third-order valence-electron chi connectivity index (χ3n) is 3.02. The summed E-state index contributed by atoms with van der Waals surface area (Å²) in [4.78, 5) is 13.5. The summed E-state index contributed by atoms with van der Waals surface area (Å²) in [6.45, 7) is 2.36. The predicted octanol–water partition coefficient (Wildman–Crippen LogP) is 1.21. The van der Waals surface area contributed by atoms with Gasteiger partial charge in [-0.3, -0.25) is 4.79 Å². The van der Waals surface area contributed by atoms with E-state index in [-0.39, 0.29) is 11.8 Å². The van der Waals surface area contributed by atoms with Crippen molar-refractivity contribution in [3.63, 3.8) is 0 Å². The van der Waals surface area contributed by atoms with Crippen molar-refractivity contribution < 1.29 is 9.53 Å². The van der Waals surface area contributed by atoms with Crippen molar-refractivity contribution in [3.05, 3.63) is 29.3 Å². The van der Waals surface area contributed by atoms with Crippen LogP contribution in [0.1, 0.15) is 11.1 Å². The van der Waals surface area contributed by atoms with Crippen LogP contribution in [-0.2, 0) is 11.2 Å². The van der Waals surface area contributed by atoms with Crippen LogP contribution in [0.2, 0.25) is 0 Å². The fourth-order valence-electron chi connectivity index (χ4n) is 1.99. The van der Waals surface area contributed by atoms with Gasteiger partial charge in [0.1, 0.15) is 5.75 Å². The number of benzene rings is 1. The molecular formula is C14H22N2O2. The molecule has 0 spiro atoms. The number of methoxy groups -OCH3 is 1. The Labute approximate surface area is 109 Å². The lowest BCUT2D eigenvalue weighted by atomic mass is 9.97. The van der Waals surface area contributed by atoms with E-state index in [9.17, 15) is 4.79 Å². The van der Waals surface area contributed by atoms with Gasteiger partial charge in [-0.15, -0.1) is 0 Å². The highest BCUT2D eigenvalue weighted by Gasteiger charge is 2.19. The number of nitrogens with zero attached hydrogens (tertiary/aromatic N) is 1. The van der Waals surface area contributed by atoms with Gasteiger partial charge in [0.25, 0.3) is 0 Å². The minimum absolute atomic E-state index is 0.0750. The SMILES string of the molecule is COc1ccc(CC(CN)C(=O)N(C)C)cc1C. The maximum atomic E-state index is 11.9. The summed E-state index contributed by atoms with van der Waals surface area (Å²) in [5.74, 6) is 0.778. The molecule has 1 amide bonds. The minimum atomic E-state index is -0.159. The zero-order valence-corrected chi connectivity index (χ0v) is 11.6. The molecule has 0 fully saturated rings. The molecule has 4 nitrogen and oxygen atoms in total. The van der Waals surface area contributed by atoms with Crippen LogP contribution in [0.3, 0.4) is 0 Å². The van der Waals surface area contributed by atoms with Crippen LogP contribution in [0.15, 0.2) is 18.2 Å². The number of carbonyl (C=O) groups excluding carboxylic acids is 1. The molecule has 18 heavy (non-hydrogen) atoms. The summed E-state index contributed by atoms with van der Waals surface area (Å²) < 4.78 is 5.22. The molecule has 0 heterocycles. The molecule has 0 aliphatic rings. The highest BCUT2D eigenvalue weighted by Crippen LogP contribution is 2.20. The van der Waals surface area contributed by atoms with Crippen molar-refractivity contribution in [2.75, 3.05) is 27.7 Å². The van der Waals surface area contributed by atoms with Crippen molar-refractivity contribution in [2.24, 2.45) is 11.7 Å². The molecule has 0 bridgehead atoms. The lowest BCUT2D eigenvalue weighted by molar-refractivity contribution is -0.132. The molecule has 0 saturated carbocycles. The molecule has 100 valence electrons. The summed E-state index contributed by atoms with van der Waals surface area (Å²) in [6.07, 6.45) is 0.665. The predicted molar refractivity (Wildman–Crippen MR) is 72.7 cm³/mol. The van der Waals surface area contributed by atoms with E-state index in [0.717, 1.165) is 16.9 Å². The van der Waals surface area contributed by atoms with Crippen LogP contribution in [0, 0.1) is 12.8 Å². The van der Waals surface area contributed by atoms with Gasteiger partial charge in [0.15, 0.2) is 0 Å². The van der Waals surface area contributed by atoms with Gasteiger partial charge in [0.05, 0.1) is 13.0 Å². The topological polar surface area (TPSA) is 55.6 Å². The zero-order valence-electron chi connectivity index (χ0n) is 11.6. The van der Waals surface area contributed by atoms with Crippen molar-refractivity contribution in [1.29, 1.82) is 0 Å². The van der Waals surface area contributed by atoms with Crippen molar-refractivity contribution in [3.8, 4) is 5.75 Å². The third-order valence-corrected chi connectivity index (χ3v) is 3.02. The van der Waals surface area contributed by atoms with Crippen LogP contribution in [-0.4, -0.2) is 38.6 Å². The molecule has 4 heteroatoms. The lowest BCUT2D eigenvalue weighted by Crippen LogP contribution is -2.35. The van der Waals surface area contributed by atoms with E-state index in [0.29, 0.717) is 13.0 Å². The number of nitrogens with two attached hydrogens (primary N) is 1. The van der Waals surface area contributed by atoms with Crippen molar-refractivity contribution >= 4 is 5.91 Å². The first-order valence-corrected chi connectivity index (χ1v) is 6.04. The molecule has 0 aromatic heterocycles. The normalized spacial score (nSPS) is 12.1. The van der Waals surface area contributed by atoms with E-state index >= 15 is 0 Å². The second-order valence-electron chi connectivity index (χ2n) is 4.67. The average molecular weight is 250 g/mol. The number of hydrogen-bond donors (Lipinski definition) is 1. The van der Waals surface area contributed by atoms with Crippen LogP contribution >= 0.6 is 0 Å². The Bertz CT molecular complexity index is 416. The third kappa shape index (κ3) is 3.47. The average Bonchev–Trinajstić information content (AvgIpc) is 2.35. The summed E-state index contributed by atoms with van der Waals surface area (Å²) >= 11 is 0. The van der Waals surface area contributed by atoms with Crippen LogP contribution in [0.5, 0.6) is 5.75 Å². The van der Waals surface area contributed by atoms with Gasteiger partial charge in [0, 0.05) is 20.6 Å². The first-order chi connectivity index (χ1) is 8.49. The summed E-state index contributed by atoms with van der Waals surface area (Å²) in [5, 5.41) is 0. The number of rotatable bonds is 5. The van der Waals surface area contributed by atoms with Crippen LogP contribution < -0.4 is 10.5 Å². The molecule has 0 saturated heterocycles. The van der Waals surface area contributed by atoms with E-state index in [1.165, 1.54) is 0 Å². The van der Waals surface area contributed by atoms with Gasteiger partial charge < -0.3 is 15.4 Å². The van der Waals surface area contributed by atoms with Crippen molar-refractivity contribution in [2.45, 2.75) is 13.3 Å². The second kappa shape index (κ2) is 6.40. The number of hydrogen-bond acceptors (Lipinski definition) is 3. The smallest absolute Gasteiger partial charge is 0.226 e. The Hall–Kier alpha value is -1.55. The van der Waals surface area contributed by atoms with E-state index in [1.54, 1.807) is 26.1 Å². The Morgan fingerprint density at radius 3 is 2.56 bits per heavy atom. The summed E-state index contributed by atoms with van der Waals surface area (Å²) in [6, 6.07) is 5.96. The number of aryl methyl sites for hydroxylation is 1. The number of amides is 1. The van der Waals surface area contributed by atoms with E-state index in [2.05, 4.69) is 0 Å². The Morgan fingerprint density at radius 1 is 1.44 bits per heavy atom. The molecule has 1 aromatic rings. The van der Waals surface area contributed by atoms with Gasteiger partial charge in [-0.1, -0.05) is 12.1 Å². The van der Waals surface area contributed by atoms with Gasteiger partial charge in [-0.2, -0.15) is 0 Å². The van der Waals surface area contributed by atoms with Gasteiger partial charge >= 0.3 is 0 Å². The molecule has 1 rings (SSSR count). The van der Waals surface area contributed by atoms with Crippen LogP contribution in [0.25, 0.3) is 0 Å². The van der Waals surface area contributed by atoms with Gasteiger partial charge in [0.2, 0.25) is 5.91 Å². The molecular weight excluding hydrogens is 228 g/mol. The fourth-order valence-corrected chi connectivity index (χ4v) is 1.99. The molecule has 1 aromatic carbocycles. The Kier molecular flexibility index (Phi) is 5.16. The Balaban J connectivity index is 2.82. The standard InChI is InChI=1S/C14H22N2O2/c1-10-7-11(5-6-13(10)18-4)8-12(9-15)14(17)16(2)3/h5-7,12H,8-9,15H2,1-4H3. The highest BCUT2D eigenvalue weighted by atomic mass is 16.5. The molecule has 2 N–H and O–H groups in total. The Morgan fingerprint density at radius 2 is 2.11 bits per heavy atom. The second-order valence-corrected chi connectivity index (χ2v) is 4.67. The molecule has 0 radical (unpaired) electrons. The monoisotopic (exact) mass is 250 g/mol. The highest BCUT2D eigenvalue weighted by molar-refractivity contribution is 5.78. The zero-order chi connectivity index (χ0) is 13.7. The molecule has 1 unspecified atom stereocenters. The molecule has 1 atom stereocenters. The van der Waals surface area contributed by atoms with E-state index in [1.807, 2.05) is 25.1 Å². The summed E-state index contributed by atoms with van der Waals surface area (Å²) in [5.41, 5.74) is 7.86. The van der Waals surface area contributed by atoms with Crippen molar-refractivity contribution in [1.82, 2.24) is 4.90 Å². The summed E-state index contributed by atoms with van der Waals surface area (Å²) in [7, 11) is 5.16. The molecule has 0 aliphatic carbocycles. The number of carbonyl (C=O) groups is 1. The minimum Gasteiger partial charge on any atom is -0.496 e. The first kappa shape index (κ1) is 14.5. The maximum Gasteiger partial charge on any atom is 0.226 e. The maximum absolute atomic E-state index is 11.9.